The molecule has 1 aliphatic heterocycles. The van der Waals surface area contributed by atoms with Crippen molar-refractivity contribution in [1.29, 1.82) is 0 Å². The Morgan fingerprint density at radius 1 is 1.50 bits per heavy atom. The van der Waals surface area contributed by atoms with E-state index < -0.39 is 6.03 Å². The second kappa shape index (κ2) is 4.78. The first-order valence-corrected chi connectivity index (χ1v) is 4.88. The molecule has 0 aromatic carbocycles. The molecule has 1 saturated heterocycles. The zero-order valence-electron chi connectivity index (χ0n) is 9.45. The summed E-state index contributed by atoms with van der Waals surface area (Å²) in [4.78, 5) is 36.4. The van der Waals surface area contributed by atoms with E-state index in [2.05, 4.69) is 11.9 Å². The summed E-state index contributed by atoms with van der Waals surface area (Å²) >= 11 is 0. The van der Waals surface area contributed by atoms with Crippen LogP contribution in [0.15, 0.2) is 12.2 Å². The number of nitrogens with one attached hydrogen (secondary N) is 1. The summed E-state index contributed by atoms with van der Waals surface area (Å²) in [6.07, 6.45) is 0. The van der Waals surface area contributed by atoms with Crippen molar-refractivity contribution >= 4 is 17.8 Å². The monoisotopic (exact) mass is 225 g/mol. The van der Waals surface area contributed by atoms with E-state index in [-0.39, 0.29) is 24.9 Å². The Bertz CT molecular complexity index is 351. The van der Waals surface area contributed by atoms with Gasteiger partial charge < -0.3 is 10.2 Å². The number of likely N-dealkylation sites (N-methyl/N-ethyl adjacent to an activating group) is 1. The van der Waals surface area contributed by atoms with Crippen LogP contribution in [0.25, 0.3) is 0 Å². The van der Waals surface area contributed by atoms with Gasteiger partial charge in [0.15, 0.2) is 0 Å². The van der Waals surface area contributed by atoms with Crippen molar-refractivity contribution in [3.05, 3.63) is 12.2 Å². The van der Waals surface area contributed by atoms with Crippen LogP contribution in [0, 0.1) is 0 Å². The summed E-state index contributed by atoms with van der Waals surface area (Å²) in [6.45, 7) is 5.57. The molecule has 0 saturated carbocycles. The molecule has 16 heavy (non-hydrogen) atoms. The average Bonchev–Trinajstić information content (AvgIpc) is 2.42. The van der Waals surface area contributed by atoms with Crippen LogP contribution in [0.4, 0.5) is 4.79 Å². The Labute approximate surface area is 93.9 Å². The number of carbonyl (C=O) groups is 3. The number of hydrogen-bond acceptors (Lipinski definition) is 3. The number of amides is 4. The van der Waals surface area contributed by atoms with Gasteiger partial charge in [0.25, 0.3) is 5.91 Å². The molecule has 0 spiro atoms. The number of urea groups is 1. The predicted molar refractivity (Wildman–Crippen MR) is 57.6 cm³/mol. The lowest BCUT2D eigenvalue weighted by Gasteiger charge is -2.13. The Morgan fingerprint density at radius 2 is 2.12 bits per heavy atom. The van der Waals surface area contributed by atoms with Crippen LogP contribution in [0.1, 0.15) is 6.92 Å². The second-order valence-corrected chi connectivity index (χ2v) is 3.85. The summed E-state index contributed by atoms with van der Waals surface area (Å²) in [5.74, 6) is -0.710. The third-order valence-corrected chi connectivity index (χ3v) is 2.12. The molecule has 1 N–H and O–H groups in total. The molecule has 0 bridgehead atoms. The molecule has 1 rings (SSSR count). The lowest BCUT2D eigenvalue weighted by molar-refractivity contribution is -0.130. The van der Waals surface area contributed by atoms with Crippen molar-refractivity contribution in [2.45, 2.75) is 6.92 Å². The Hall–Kier alpha value is -1.85. The summed E-state index contributed by atoms with van der Waals surface area (Å²) < 4.78 is 0. The standard InChI is InChI=1S/C10H15N3O3/c1-7(2)4-11-8(14)5-13-9(15)6-12(3)10(13)16/h1,4-6H2,2-3H3,(H,11,14). The van der Waals surface area contributed by atoms with E-state index in [4.69, 9.17) is 0 Å². The fourth-order valence-corrected chi connectivity index (χ4v) is 1.27. The molecule has 0 radical (unpaired) electrons. The Kier molecular flexibility index (Phi) is 3.65. The van der Waals surface area contributed by atoms with Gasteiger partial charge in [0.2, 0.25) is 5.91 Å². The molecule has 0 aromatic rings. The van der Waals surface area contributed by atoms with Gasteiger partial charge in [-0.05, 0) is 6.92 Å². The van der Waals surface area contributed by atoms with Crippen molar-refractivity contribution in [2.75, 3.05) is 26.7 Å². The van der Waals surface area contributed by atoms with E-state index in [9.17, 15) is 14.4 Å². The fourth-order valence-electron chi connectivity index (χ4n) is 1.27. The van der Waals surface area contributed by atoms with Gasteiger partial charge in [-0.1, -0.05) is 12.2 Å². The maximum Gasteiger partial charge on any atom is 0.327 e. The first kappa shape index (κ1) is 12.2. The highest BCUT2D eigenvalue weighted by molar-refractivity contribution is 6.04. The van der Waals surface area contributed by atoms with Crippen LogP contribution < -0.4 is 5.32 Å². The molecule has 6 nitrogen and oxygen atoms in total. The lowest BCUT2D eigenvalue weighted by Crippen LogP contribution is -2.41. The van der Waals surface area contributed by atoms with Gasteiger partial charge in [-0.2, -0.15) is 0 Å². The van der Waals surface area contributed by atoms with Crippen LogP contribution in [0.2, 0.25) is 0 Å². The molecular weight excluding hydrogens is 210 g/mol. The molecule has 6 heteroatoms. The van der Waals surface area contributed by atoms with Crippen LogP contribution in [0.3, 0.4) is 0 Å². The van der Waals surface area contributed by atoms with Crippen molar-refractivity contribution < 1.29 is 14.4 Å². The molecule has 4 amide bonds. The quantitative estimate of drug-likeness (QED) is 0.521. The third-order valence-electron chi connectivity index (χ3n) is 2.12. The average molecular weight is 225 g/mol. The highest BCUT2D eigenvalue weighted by atomic mass is 16.2. The predicted octanol–water partition coefficient (Wildman–Crippen LogP) is -0.427. The number of nitrogens with zero attached hydrogens (tertiary/aromatic N) is 2. The lowest BCUT2D eigenvalue weighted by atomic mass is 10.3. The van der Waals surface area contributed by atoms with E-state index >= 15 is 0 Å². The van der Waals surface area contributed by atoms with Gasteiger partial charge >= 0.3 is 6.03 Å². The first-order chi connectivity index (χ1) is 7.41. The minimum Gasteiger partial charge on any atom is -0.351 e. The van der Waals surface area contributed by atoms with Crippen LogP contribution in [0.5, 0.6) is 0 Å². The first-order valence-electron chi connectivity index (χ1n) is 4.88. The molecule has 0 aliphatic carbocycles. The van der Waals surface area contributed by atoms with Crippen molar-refractivity contribution in [2.24, 2.45) is 0 Å². The van der Waals surface area contributed by atoms with Gasteiger partial charge in [-0.15, -0.1) is 0 Å². The number of hydrogen-bond donors (Lipinski definition) is 1. The van der Waals surface area contributed by atoms with Crippen LogP contribution >= 0.6 is 0 Å². The van der Waals surface area contributed by atoms with Crippen molar-refractivity contribution in [3.8, 4) is 0 Å². The van der Waals surface area contributed by atoms with Gasteiger partial charge in [0, 0.05) is 13.6 Å². The fraction of sp³-hybridized carbons (Fsp3) is 0.500. The minimum absolute atomic E-state index is 0.0343. The summed E-state index contributed by atoms with van der Waals surface area (Å²) in [5, 5.41) is 2.56. The zero-order chi connectivity index (χ0) is 12.3. The van der Waals surface area contributed by atoms with E-state index in [0.29, 0.717) is 6.54 Å². The molecule has 1 fully saturated rings. The molecule has 1 aliphatic rings. The molecule has 0 atom stereocenters. The topological polar surface area (TPSA) is 69.7 Å². The maximum absolute atomic E-state index is 11.4. The Balaban J connectivity index is 2.48. The van der Waals surface area contributed by atoms with Gasteiger partial charge in [0.05, 0.1) is 0 Å². The Morgan fingerprint density at radius 3 is 2.56 bits per heavy atom. The van der Waals surface area contributed by atoms with E-state index in [1.54, 1.807) is 6.92 Å². The molecule has 88 valence electrons. The largest absolute Gasteiger partial charge is 0.351 e. The maximum atomic E-state index is 11.4. The molecule has 0 unspecified atom stereocenters. The van der Waals surface area contributed by atoms with Crippen LogP contribution in [-0.4, -0.2) is 54.3 Å². The van der Waals surface area contributed by atoms with Crippen molar-refractivity contribution in [1.82, 2.24) is 15.1 Å². The minimum atomic E-state index is -0.435. The highest BCUT2D eigenvalue weighted by Crippen LogP contribution is 2.06. The number of rotatable bonds is 4. The van der Waals surface area contributed by atoms with Gasteiger partial charge in [-0.3, -0.25) is 14.5 Å². The molecular formula is C10H15N3O3. The summed E-state index contributed by atoms with van der Waals surface area (Å²) in [6, 6.07) is -0.435. The number of imide groups is 1. The second-order valence-electron chi connectivity index (χ2n) is 3.85. The van der Waals surface area contributed by atoms with Crippen LogP contribution in [-0.2, 0) is 9.59 Å². The summed E-state index contributed by atoms with van der Waals surface area (Å²) in [7, 11) is 1.52. The number of carbonyl (C=O) groups excluding carboxylic acids is 3. The van der Waals surface area contributed by atoms with Crippen molar-refractivity contribution in [3.63, 3.8) is 0 Å². The van der Waals surface area contributed by atoms with E-state index in [1.165, 1.54) is 11.9 Å². The summed E-state index contributed by atoms with van der Waals surface area (Å²) in [5.41, 5.74) is 0.810. The molecule has 0 aromatic heterocycles. The van der Waals surface area contributed by atoms with Gasteiger partial charge in [-0.25, -0.2) is 4.79 Å². The smallest absolute Gasteiger partial charge is 0.327 e. The SMILES string of the molecule is C=C(C)CNC(=O)CN1C(=O)CN(C)C1=O. The third kappa shape index (κ3) is 2.82. The van der Waals surface area contributed by atoms with Gasteiger partial charge in [0.1, 0.15) is 13.1 Å². The molecule has 1 heterocycles. The van der Waals surface area contributed by atoms with E-state index in [1.807, 2.05) is 0 Å². The normalized spacial score (nSPS) is 15.6. The zero-order valence-corrected chi connectivity index (χ0v) is 9.45. The highest BCUT2D eigenvalue weighted by Gasteiger charge is 2.34. The van der Waals surface area contributed by atoms with E-state index in [0.717, 1.165) is 10.5 Å².